The van der Waals surface area contributed by atoms with Crippen molar-refractivity contribution in [1.82, 2.24) is 4.98 Å². The van der Waals surface area contributed by atoms with Crippen molar-refractivity contribution >= 4 is 55.6 Å². The van der Waals surface area contributed by atoms with Crippen molar-refractivity contribution in [3.8, 4) is 0 Å². The summed E-state index contributed by atoms with van der Waals surface area (Å²) in [4.78, 5) is 4.67. The topological polar surface area (TPSA) is 99.1 Å². The molecule has 1 aromatic heterocycles. The summed E-state index contributed by atoms with van der Waals surface area (Å²) >= 11 is 7.37. The van der Waals surface area contributed by atoms with Crippen molar-refractivity contribution in [1.29, 1.82) is 0 Å². The van der Waals surface area contributed by atoms with E-state index in [0.717, 1.165) is 11.1 Å². The van der Waals surface area contributed by atoms with Gasteiger partial charge in [-0.05, 0) is 36.2 Å². The summed E-state index contributed by atoms with van der Waals surface area (Å²) in [6.45, 7) is 3.84. The maximum Gasteiger partial charge on any atom is 0.239 e. The summed E-state index contributed by atoms with van der Waals surface area (Å²) in [7, 11) is -3.85. The van der Waals surface area contributed by atoms with Gasteiger partial charge in [0, 0.05) is 10.9 Å². The number of hydrogen-bond acceptors (Lipinski definition) is 5. The maximum absolute atomic E-state index is 11.9. The van der Waals surface area contributed by atoms with Gasteiger partial charge in [-0.25, -0.2) is 18.5 Å². The molecule has 0 amide bonds. The smallest absolute Gasteiger partial charge is 0.239 e. The standard InChI is InChI=1S/C17H18ClN3O2S2.ClH/c1-9(11-4-3-5-12(18)8-11)13-6-7-14(25(20,22)23)16-15(13)21-17(24-16)10(2)19;/h3-10H,19H2,1-2H3,(H2,20,22,23);1H. The summed E-state index contributed by atoms with van der Waals surface area (Å²) in [5, 5.41) is 6.69. The van der Waals surface area contributed by atoms with Crippen LogP contribution in [0.1, 0.15) is 41.9 Å². The van der Waals surface area contributed by atoms with Crippen molar-refractivity contribution in [2.24, 2.45) is 10.9 Å². The normalized spacial score (nSPS) is 14.0. The molecule has 5 nitrogen and oxygen atoms in total. The maximum atomic E-state index is 11.9. The molecule has 2 aromatic carbocycles. The number of halogens is 2. The van der Waals surface area contributed by atoms with Gasteiger partial charge in [0.1, 0.15) is 9.90 Å². The fourth-order valence-electron chi connectivity index (χ4n) is 2.74. The number of hydrogen-bond donors (Lipinski definition) is 2. The van der Waals surface area contributed by atoms with E-state index >= 15 is 0 Å². The number of thiazole rings is 1. The molecule has 0 saturated heterocycles. The molecule has 2 unspecified atom stereocenters. The van der Waals surface area contributed by atoms with Crippen LogP contribution in [0.5, 0.6) is 0 Å². The van der Waals surface area contributed by atoms with Crippen molar-refractivity contribution in [2.75, 3.05) is 0 Å². The number of aromatic nitrogens is 1. The minimum Gasteiger partial charge on any atom is -0.322 e. The minimum atomic E-state index is -3.85. The Labute approximate surface area is 167 Å². The van der Waals surface area contributed by atoms with E-state index in [2.05, 4.69) is 4.98 Å². The first kappa shape index (κ1) is 21.1. The largest absolute Gasteiger partial charge is 0.322 e. The van der Waals surface area contributed by atoms with Gasteiger partial charge in [-0.3, -0.25) is 0 Å². The van der Waals surface area contributed by atoms with Crippen LogP contribution in [0.15, 0.2) is 41.3 Å². The van der Waals surface area contributed by atoms with Crippen molar-refractivity contribution in [3.63, 3.8) is 0 Å². The first-order valence-electron chi connectivity index (χ1n) is 7.65. The van der Waals surface area contributed by atoms with E-state index in [1.807, 2.05) is 38.1 Å². The molecule has 0 saturated carbocycles. The molecule has 0 aliphatic heterocycles. The molecule has 0 radical (unpaired) electrons. The van der Waals surface area contributed by atoms with Crippen LogP contribution in [-0.4, -0.2) is 13.4 Å². The summed E-state index contributed by atoms with van der Waals surface area (Å²) < 4.78 is 24.4. The number of sulfonamides is 1. The number of benzene rings is 2. The predicted molar refractivity (Wildman–Crippen MR) is 110 cm³/mol. The highest BCUT2D eigenvalue weighted by molar-refractivity contribution is 7.89. The van der Waals surface area contributed by atoms with E-state index in [4.69, 9.17) is 22.5 Å². The molecule has 0 aliphatic rings. The van der Waals surface area contributed by atoms with Crippen LogP contribution in [0.4, 0.5) is 0 Å². The van der Waals surface area contributed by atoms with E-state index in [1.165, 1.54) is 17.4 Å². The molecule has 3 rings (SSSR count). The number of nitrogens with two attached hydrogens (primary N) is 2. The molecule has 9 heteroatoms. The van der Waals surface area contributed by atoms with Crippen LogP contribution < -0.4 is 10.9 Å². The van der Waals surface area contributed by atoms with Gasteiger partial charge in [0.05, 0.1) is 16.3 Å². The van der Waals surface area contributed by atoms with Crippen LogP contribution in [-0.2, 0) is 10.0 Å². The summed E-state index contributed by atoms with van der Waals surface area (Å²) in [6.07, 6.45) is 0. The zero-order valence-electron chi connectivity index (χ0n) is 14.1. The Morgan fingerprint density at radius 2 is 1.88 bits per heavy atom. The van der Waals surface area contributed by atoms with Crippen molar-refractivity contribution in [3.05, 3.63) is 57.6 Å². The summed E-state index contributed by atoms with van der Waals surface area (Å²) in [5.74, 6) is -0.0150. The average Bonchev–Trinajstić information content (AvgIpc) is 2.97. The van der Waals surface area contributed by atoms with Crippen LogP contribution in [0, 0.1) is 0 Å². The van der Waals surface area contributed by atoms with Crippen molar-refractivity contribution < 1.29 is 8.42 Å². The van der Waals surface area contributed by atoms with Gasteiger partial charge >= 0.3 is 0 Å². The lowest BCUT2D eigenvalue weighted by atomic mass is 9.92. The van der Waals surface area contributed by atoms with Gasteiger partial charge in [0.2, 0.25) is 10.0 Å². The van der Waals surface area contributed by atoms with Crippen LogP contribution >= 0.6 is 35.3 Å². The molecule has 140 valence electrons. The second-order valence-corrected chi connectivity index (χ2v) is 8.99. The monoisotopic (exact) mass is 431 g/mol. The molecule has 1 heterocycles. The van der Waals surface area contributed by atoms with Crippen LogP contribution in [0.2, 0.25) is 5.02 Å². The predicted octanol–water partition coefficient (Wildman–Crippen LogP) is 4.19. The fraction of sp³-hybridized carbons (Fsp3) is 0.235. The fourth-order valence-corrected chi connectivity index (χ4v) is 4.99. The highest BCUT2D eigenvalue weighted by Crippen LogP contribution is 2.37. The lowest BCUT2D eigenvalue weighted by Gasteiger charge is -2.14. The SMILES string of the molecule is CC(N)c1nc2c(C(C)c3cccc(Cl)c3)ccc(S(N)(=O)=O)c2s1.Cl. The Balaban J connectivity index is 0.00000243. The first-order chi connectivity index (χ1) is 11.7. The van der Waals surface area contributed by atoms with Gasteiger partial charge in [0.15, 0.2) is 0 Å². The van der Waals surface area contributed by atoms with Crippen molar-refractivity contribution in [2.45, 2.75) is 30.7 Å². The molecule has 3 aromatic rings. The quantitative estimate of drug-likeness (QED) is 0.646. The molecule has 0 bridgehead atoms. The van der Waals surface area contributed by atoms with Crippen LogP contribution in [0.3, 0.4) is 0 Å². The van der Waals surface area contributed by atoms with Gasteiger partial charge in [-0.2, -0.15) is 0 Å². The van der Waals surface area contributed by atoms with E-state index < -0.39 is 10.0 Å². The Morgan fingerprint density at radius 1 is 1.19 bits per heavy atom. The number of primary sulfonamides is 1. The van der Waals surface area contributed by atoms with Gasteiger partial charge in [-0.15, -0.1) is 23.7 Å². The molecular formula is C17H19Cl2N3O2S2. The average molecular weight is 432 g/mol. The molecule has 4 N–H and O–H groups in total. The summed E-state index contributed by atoms with van der Waals surface area (Å²) in [5.41, 5.74) is 8.50. The van der Waals surface area contributed by atoms with E-state index in [0.29, 0.717) is 20.2 Å². The van der Waals surface area contributed by atoms with Gasteiger partial charge < -0.3 is 5.73 Å². The highest BCUT2D eigenvalue weighted by atomic mass is 35.5. The Morgan fingerprint density at radius 3 is 2.46 bits per heavy atom. The Kier molecular flexibility index (Phi) is 6.32. The molecule has 0 fully saturated rings. The second kappa shape index (κ2) is 7.80. The molecular weight excluding hydrogens is 413 g/mol. The zero-order valence-corrected chi connectivity index (χ0v) is 17.3. The molecule has 0 aliphatic carbocycles. The van der Waals surface area contributed by atoms with Gasteiger partial charge in [-0.1, -0.05) is 36.7 Å². The zero-order chi connectivity index (χ0) is 18.4. The van der Waals surface area contributed by atoms with E-state index in [9.17, 15) is 8.42 Å². The molecule has 26 heavy (non-hydrogen) atoms. The third-order valence-corrected chi connectivity index (χ3v) is 6.67. The molecule has 0 spiro atoms. The number of rotatable bonds is 4. The van der Waals surface area contributed by atoms with Gasteiger partial charge in [0.25, 0.3) is 0 Å². The molecule has 2 atom stereocenters. The van der Waals surface area contributed by atoms with E-state index in [-0.39, 0.29) is 29.3 Å². The third kappa shape index (κ3) is 4.03. The third-order valence-electron chi connectivity index (χ3n) is 4.07. The van der Waals surface area contributed by atoms with E-state index in [1.54, 1.807) is 6.07 Å². The number of fused-ring (bicyclic) bond motifs is 1. The first-order valence-corrected chi connectivity index (χ1v) is 10.4. The lowest BCUT2D eigenvalue weighted by Crippen LogP contribution is -2.12. The Bertz CT molecular complexity index is 1050. The Hall–Kier alpha value is -1.22. The number of nitrogens with zero attached hydrogens (tertiary/aromatic N) is 1. The minimum absolute atomic E-state index is 0. The second-order valence-electron chi connectivity index (χ2n) is 5.99. The lowest BCUT2D eigenvalue weighted by molar-refractivity contribution is 0.598. The van der Waals surface area contributed by atoms with Crippen LogP contribution in [0.25, 0.3) is 10.2 Å². The highest BCUT2D eigenvalue weighted by Gasteiger charge is 2.22. The summed E-state index contributed by atoms with van der Waals surface area (Å²) in [6, 6.07) is 10.6.